The summed E-state index contributed by atoms with van der Waals surface area (Å²) in [6.07, 6.45) is 0. The van der Waals surface area contributed by atoms with Gasteiger partial charge in [0.05, 0.1) is 14.2 Å². The number of aromatic nitrogens is 2. The van der Waals surface area contributed by atoms with Crippen LogP contribution < -0.4 is 14.8 Å². The van der Waals surface area contributed by atoms with E-state index >= 15 is 0 Å². The molecule has 1 N–H and O–H groups in total. The third-order valence-corrected chi connectivity index (χ3v) is 4.97. The van der Waals surface area contributed by atoms with Gasteiger partial charge in [-0.05, 0) is 24.3 Å². The number of methoxy groups -OCH3 is 2. The van der Waals surface area contributed by atoms with Crippen LogP contribution in [0.25, 0.3) is 11.5 Å². The zero-order valence-electron chi connectivity index (χ0n) is 16.8. The molecule has 1 aromatic heterocycles. The highest BCUT2D eigenvalue weighted by Gasteiger charge is 2.24. The van der Waals surface area contributed by atoms with E-state index in [2.05, 4.69) is 15.5 Å². The van der Waals surface area contributed by atoms with Crippen molar-refractivity contribution in [3.05, 3.63) is 89.0 Å². The van der Waals surface area contributed by atoms with Crippen LogP contribution in [0.3, 0.4) is 0 Å². The molecule has 1 heterocycles. The molecule has 0 bridgehead atoms. The molecule has 0 saturated heterocycles. The lowest BCUT2D eigenvalue weighted by atomic mass is 10.1. The lowest BCUT2D eigenvalue weighted by Gasteiger charge is -2.19. The zero-order chi connectivity index (χ0) is 21.8. The molecular weight excluding hydrogens is 421 g/mol. The van der Waals surface area contributed by atoms with Gasteiger partial charge in [0.2, 0.25) is 11.8 Å². The normalized spacial score (nSPS) is 11.7. The number of halogens is 2. The molecule has 0 aliphatic rings. The van der Waals surface area contributed by atoms with Crippen LogP contribution in [0.2, 0.25) is 5.02 Å². The van der Waals surface area contributed by atoms with E-state index in [1.165, 1.54) is 12.1 Å². The van der Waals surface area contributed by atoms with Gasteiger partial charge >= 0.3 is 0 Å². The SMILES string of the molecule is COc1cc(N[C@@H](c2nnc(-c3ccccc3)o2)c2ccc(F)cc2Cl)cc(OC)c1. The van der Waals surface area contributed by atoms with Crippen molar-refractivity contribution in [3.63, 3.8) is 0 Å². The number of nitrogens with one attached hydrogen (secondary N) is 1. The highest BCUT2D eigenvalue weighted by atomic mass is 35.5. The lowest BCUT2D eigenvalue weighted by molar-refractivity contribution is 0.394. The van der Waals surface area contributed by atoms with E-state index in [9.17, 15) is 4.39 Å². The Morgan fingerprint density at radius 3 is 2.29 bits per heavy atom. The summed E-state index contributed by atoms with van der Waals surface area (Å²) in [5.41, 5.74) is 2.03. The second-order valence-corrected chi connectivity index (χ2v) is 7.06. The Labute approximate surface area is 183 Å². The van der Waals surface area contributed by atoms with Gasteiger partial charge in [0.1, 0.15) is 23.4 Å². The van der Waals surface area contributed by atoms with Crippen LogP contribution in [-0.2, 0) is 0 Å². The molecule has 0 saturated carbocycles. The zero-order valence-corrected chi connectivity index (χ0v) is 17.6. The standard InChI is InChI=1S/C23H19ClFN3O3/c1-29-17-11-16(12-18(13-17)30-2)26-21(19-9-8-15(25)10-20(19)24)23-28-27-22(31-23)14-6-4-3-5-7-14/h3-13,21,26H,1-2H3/t21-/m1/s1. The van der Waals surface area contributed by atoms with Crippen LogP contribution in [0.1, 0.15) is 17.5 Å². The van der Waals surface area contributed by atoms with Crippen LogP contribution in [-0.4, -0.2) is 24.4 Å². The summed E-state index contributed by atoms with van der Waals surface area (Å²) < 4.78 is 30.3. The number of hydrogen-bond acceptors (Lipinski definition) is 6. The number of nitrogens with zero attached hydrogens (tertiary/aromatic N) is 2. The van der Waals surface area contributed by atoms with Gasteiger partial charge in [-0.3, -0.25) is 0 Å². The van der Waals surface area contributed by atoms with Gasteiger partial charge in [0, 0.05) is 40.0 Å². The number of rotatable bonds is 7. The summed E-state index contributed by atoms with van der Waals surface area (Å²) in [5.74, 6) is 1.40. The van der Waals surface area contributed by atoms with E-state index in [0.29, 0.717) is 28.6 Å². The molecule has 0 aliphatic carbocycles. The Morgan fingerprint density at radius 1 is 0.935 bits per heavy atom. The highest BCUT2D eigenvalue weighted by Crippen LogP contribution is 2.35. The molecule has 0 amide bonds. The van der Waals surface area contributed by atoms with Gasteiger partial charge in [-0.1, -0.05) is 35.9 Å². The molecule has 0 aliphatic heterocycles. The average Bonchev–Trinajstić information content (AvgIpc) is 3.28. The third-order valence-electron chi connectivity index (χ3n) is 4.64. The van der Waals surface area contributed by atoms with Crippen molar-refractivity contribution in [2.24, 2.45) is 0 Å². The predicted octanol–water partition coefficient (Wildman–Crippen LogP) is 5.75. The summed E-state index contributed by atoms with van der Waals surface area (Å²) in [6.45, 7) is 0. The van der Waals surface area contributed by atoms with Gasteiger partial charge < -0.3 is 19.2 Å². The van der Waals surface area contributed by atoms with Crippen molar-refractivity contribution in [2.45, 2.75) is 6.04 Å². The molecule has 8 heteroatoms. The molecule has 31 heavy (non-hydrogen) atoms. The smallest absolute Gasteiger partial charge is 0.247 e. The van der Waals surface area contributed by atoms with Crippen molar-refractivity contribution in [2.75, 3.05) is 19.5 Å². The molecule has 6 nitrogen and oxygen atoms in total. The van der Waals surface area contributed by atoms with E-state index in [1.807, 2.05) is 30.3 Å². The van der Waals surface area contributed by atoms with Gasteiger partial charge in [-0.25, -0.2) is 4.39 Å². The summed E-state index contributed by atoms with van der Waals surface area (Å²) in [5, 5.41) is 11.9. The van der Waals surface area contributed by atoms with E-state index in [0.717, 1.165) is 5.56 Å². The van der Waals surface area contributed by atoms with E-state index in [1.54, 1.807) is 38.5 Å². The van der Waals surface area contributed by atoms with Gasteiger partial charge in [-0.2, -0.15) is 0 Å². The number of benzene rings is 3. The lowest BCUT2D eigenvalue weighted by Crippen LogP contribution is -2.14. The van der Waals surface area contributed by atoms with Gasteiger partial charge in [0.25, 0.3) is 0 Å². The Hall–Kier alpha value is -3.58. The van der Waals surface area contributed by atoms with E-state index in [4.69, 9.17) is 25.5 Å². The first-order chi connectivity index (χ1) is 15.1. The first-order valence-electron chi connectivity index (χ1n) is 9.40. The number of hydrogen-bond donors (Lipinski definition) is 1. The number of ether oxygens (including phenoxy) is 2. The second kappa shape index (κ2) is 9.06. The van der Waals surface area contributed by atoms with Crippen LogP contribution >= 0.6 is 11.6 Å². The fourth-order valence-corrected chi connectivity index (χ4v) is 3.39. The molecule has 158 valence electrons. The summed E-state index contributed by atoms with van der Waals surface area (Å²) in [6, 6.07) is 18.3. The summed E-state index contributed by atoms with van der Waals surface area (Å²) in [4.78, 5) is 0. The molecule has 0 radical (unpaired) electrons. The maximum atomic E-state index is 13.7. The Bertz CT molecular complexity index is 1160. The van der Waals surface area contributed by atoms with Crippen molar-refractivity contribution in [1.29, 1.82) is 0 Å². The Morgan fingerprint density at radius 2 is 1.65 bits per heavy atom. The molecule has 0 fully saturated rings. The van der Waals surface area contributed by atoms with Crippen molar-refractivity contribution >= 4 is 17.3 Å². The minimum Gasteiger partial charge on any atom is -0.497 e. The van der Waals surface area contributed by atoms with Crippen LogP contribution in [0.15, 0.2) is 71.1 Å². The molecular formula is C23H19ClFN3O3. The quantitative estimate of drug-likeness (QED) is 0.395. The van der Waals surface area contributed by atoms with Crippen molar-refractivity contribution in [3.8, 4) is 23.0 Å². The molecule has 1 atom stereocenters. The summed E-state index contributed by atoms with van der Waals surface area (Å²) in [7, 11) is 3.13. The van der Waals surface area contributed by atoms with E-state index < -0.39 is 11.9 Å². The predicted molar refractivity (Wildman–Crippen MR) is 116 cm³/mol. The average molecular weight is 440 g/mol. The minimum absolute atomic E-state index is 0.229. The monoisotopic (exact) mass is 439 g/mol. The van der Waals surface area contributed by atoms with E-state index in [-0.39, 0.29) is 10.9 Å². The third kappa shape index (κ3) is 4.62. The maximum absolute atomic E-state index is 13.7. The molecule has 4 rings (SSSR count). The maximum Gasteiger partial charge on any atom is 0.247 e. The first kappa shape index (κ1) is 20.7. The fourth-order valence-electron chi connectivity index (χ4n) is 3.11. The minimum atomic E-state index is -0.644. The fraction of sp³-hybridized carbons (Fsp3) is 0.130. The Balaban J connectivity index is 1.77. The largest absolute Gasteiger partial charge is 0.497 e. The topological polar surface area (TPSA) is 69.4 Å². The van der Waals surface area contributed by atoms with Gasteiger partial charge in [-0.15, -0.1) is 10.2 Å². The molecule has 3 aromatic carbocycles. The summed E-state index contributed by atoms with van der Waals surface area (Å²) >= 11 is 6.36. The van der Waals surface area contributed by atoms with Crippen LogP contribution in [0.5, 0.6) is 11.5 Å². The molecule has 0 spiro atoms. The van der Waals surface area contributed by atoms with Gasteiger partial charge in [0.15, 0.2) is 0 Å². The Kier molecular flexibility index (Phi) is 6.04. The van der Waals surface area contributed by atoms with Crippen LogP contribution in [0, 0.1) is 5.82 Å². The first-order valence-corrected chi connectivity index (χ1v) is 9.78. The molecule has 4 aromatic rings. The van der Waals surface area contributed by atoms with Crippen LogP contribution in [0.4, 0.5) is 10.1 Å². The van der Waals surface area contributed by atoms with Crippen molar-refractivity contribution < 1.29 is 18.3 Å². The second-order valence-electron chi connectivity index (χ2n) is 6.66. The van der Waals surface area contributed by atoms with Crippen molar-refractivity contribution in [1.82, 2.24) is 10.2 Å². The molecule has 0 unspecified atom stereocenters. The highest BCUT2D eigenvalue weighted by molar-refractivity contribution is 6.31. The number of anilines is 1.